The number of carboxylic acid groups (broad SMARTS) is 1. The van der Waals surface area contributed by atoms with E-state index in [0.29, 0.717) is 23.2 Å². The Morgan fingerprint density at radius 3 is 2.78 bits per heavy atom. The third kappa shape index (κ3) is 3.99. The van der Waals surface area contributed by atoms with Crippen molar-refractivity contribution in [3.8, 4) is 0 Å². The first kappa shape index (κ1) is 22.9. The van der Waals surface area contributed by atoms with E-state index in [1.807, 2.05) is 0 Å². The van der Waals surface area contributed by atoms with Crippen molar-refractivity contribution in [1.29, 1.82) is 0 Å². The highest BCUT2D eigenvalue weighted by Crippen LogP contribution is 2.48. The number of hydrogen-bond donors (Lipinski definition) is 2. The summed E-state index contributed by atoms with van der Waals surface area (Å²) in [4.78, 5) is 44.2. The number of nitrogens with one attached hydrogen (secondary N) is 1. The lowest BCUT2D eigenvalue weighted by Gasteiger charge is -2.27. The lowest BCUT2D eigenvalue weighted by molar-refractivity contribution is -0.140. The topological polar surface area (TPSA) is 117 Å². The van der Waals surface area contributed by atoms with E-state index >= 15 is 0 Å². The summed E-state index contributed by atoms with van der Waals surface area (Å²) in [5, 5.41) is 17.0. The van der Waals surface area contributed by atoms with Gasteiger partial charge in [-0.15, -0.1) is 0 Å². The summed E-state index contributed by atoms with van der Waals surface area (Å²) in [6.45, 7) is -0.246. The highest BCUT2D eigenvalue weighted by molar-refractivity contribution is 6.30. The highest BCUT2D eigenvalue weighted by atomic mass is 35.5. The first-order chi connectivity index (χ1) is 17.3. The highest BCUT2D eigenvalue weighted by Gasteiger charge is 2.56. The van der Waals surface area contributed by atoms with Gasteiger partial charge in [0.2, 0.25) is 11.8 Å². The Kier molecular flexibility index (Phi) is 5.44. The van der Waals surface area contributed by atoms with Crippen LogP contribution in [-0.4, -0.2) is 54.6 Å². The van der Waals surface area contributed by atoms with Crippen molar-refractivity contribution in [2.45, 2.75) is 56.8 Å². The molecule has 1 aromatic carbocycles. The molecule has 3 aromatic rings. The second kappa shape index (κ2) is 8.55. The van der Waals surface area contributed by atoms with Crippen LogP contribution in [0.2, 0.25) is 5.02 Å². The minimum absolute atomic E-state index is 0.0217. The van der Waals surface area contributed by atoms with E-state index in [4.69, 9.17) is 11.6 Å². The predicted octanol–water partition coefficient (Wildman–Crippen LogP) is 3.11. The average molecular weight is 512 g/mol. The van der Waals surface area contributed by atoms with Crippen molar-refractivity contribution in [3.05, 3.63) is 58.3 Å². The summed E-state index contributed by atoms with van der Waals surface area (Å²) < 4.78 is 15.6. The predicted molar refractivity (Wildman–Crippen MR) is 127 cm³/mol. The van der Waals surface area contributed by atoms with Crippen molar-refractivity contribution in [2.24, 2.45) is 5.92 Å². The SMILES string of the molecule is O=C(O)c1nn(CC(=O)N2[C@@H]3C[C@@H]3C[C@H]2C(=O)NCc2cccc(Cl)c2F)c2cnc(C3CC3)cc12. The van der Waals surface area contributed by atoms with Crippen molar-refractivity contribution in [3.63, 3.8) is 0 Å². The van der Waals surface area contributed by atoms with Gasteiger partial charge in [0.15, 0.2) is 5.69 Å². The first-order valence-electron chi connectivity index (χ1n) is 11.9. The fourth-order valence-corrected chi connectivity index (χ4v) is 5.41. The molecule has 9 nitrogen and oxygen atoms in total. The molecule has 3 heterocycles. The third-order valence-electron chi connectivity index (χ3n) is 7.32. The number of nitrogens with zero attached hydrogens (tertiary/aromatic N) is 4. The minimum atomic E-state index is -1.17. The van der Waals surface area contributed by atoms with Crippen LogP contribution in [-0.2, 0) is 22.7 Å². The number of pyridine rings is 1. The maximum absolute atomic E-state index is 14.2. The Morgan fingerprint density at radius 1 is 1.22 bits per heavy atom. The molecule has 3 fully saturated rings. The Morgan fingerprint density at radius 2 is 2.03 bits per heavy atom. The molecule has 0 unspecified atom stereocenters. The number of benzene rings is 1. The van der Waals surface area contributed by atoms with Gasteiger partial charge in [-0.2, -0.15) is 5.10 Å². The zero-order valence-corrected chi connectivity index (χ0v) is 19.9. The Balaban J connectivity index is 1.21. The molecule has 11 heteroatoms. The summed E-state index contributed by atoms with van der Waals surface area (Å²) in [5.41, 5.74) is 1.45. The molecule has 0 bridgehead atoms. The second-order valence-corrected chi connectivity index (χ2v) is 10.2. The van der Waals surface area contributed by atoms with Crippen LogP contribution in [0.15, 0.2) is 30.5 Å². The maximum Gasteiger partial charge on any atom is 0.357 e. The van der Waals surface area contributed by atoms with Gasteiger partial charge >= 0.3 is 5.97 Å². The second-order valence-electron chi connectivity index (χ2n) is 9.76. The molecule has 36 heavy (non-hydrogen) atoms. The summed E-state index contributed by atoms with van der Waals surface area (Å²) >= 11 is 5.82. The van der Waals surface area contributed by atoms with Crippen molar-refractivity contribution in [1.82, 2.24) is 25.0 Å². The molecule has 2 amide bonds. The number of carbonyl (C=O) groups is 3. The Hall–Kier alpha value is -3.53. The van der Waals surface area contributed by atoms with Crippen LogP contribution < -0.4 is 5.32 Å². The monoisotopic (exact) mass is 511 g/mol. The van der Waals surface area contributed by atoms with Crippen molar-refractivity contribution >= 4 is 40.3 Å². The van der Waals surface area contributed by atoms with Crippen LogP contribution in [0.1, 0.15) is 53.3 Å². The number of piperidine rings is 1. The molecular formula is C25H23ClFN5O4. The standard InChI is InChI=1S/C25H23ClFN5O4/c26-16-3-1-2-13(22(16)27)9-29-24(34)19-7-14-6-18(14)32(19)21(33)11-31-20-10-28-17(12-4-5-12)8-15(20)23(30-31)25(35)36/h1-3,8,10,12,14,18-19H,4-7,9,11H2,(H,29,34)(H,35,36)/t14-,18-,19+/m1/s1. The van der Waals surface area contributed by atoms with E-state index in [0.717, 1.165) is 25.0 Å². The normalized spacial score (nSPS) is 22.5. The maximum atomic E-state index is 14.2. The van der Waals surface area contributed by atoms with Crippen molar-refractivity contribution < 1.29 is 23.9 Å². The molecular weight excluding hydrogens is 489 g/mol. The van der Waals surface area contributed by atoms with Crippen LogP contribution in [0.25, 0.3) is 10.9 Å². The van der Waals surface area contributed by atoms with E-state index in [1.54, 1.807) is 29.3 Å². The molecule has 2 N–H and O–H groups in total. The fraction of sp³-hybridized carbons (Fsp3) is 0.400. The number of hydrogen-bond acceptors (Lipinski definition) is 5. The van der Waals surface area contributed by atoms with Gasteiger partial charge in [-0.25, -0.2) is 9.18 Å². The number of aromatic nitrogens is 3. The van der Waals surface area contributed by atoms with E-state index in [9.17, 15) is 23.9 Å². The summed E-state index contributed by atoms with van der Waals surface area (Å²) in [6.07, 6.45) is 4.98. The van der Waals surface area contributed by atoms with Crippen LogP contribution in [0, 0.1) is 11.7 Å². The fourth-order valence-electron chi connectivity index (χ4n) is 5.21. The van der Waals surface area contributed by atoms with Gasteiger partial charge in [-0.3, -0.25) is 19.3 Å². The van der Waals surface area contributed by atoms with Gasteiger partial charge in [-0.05, 0) is 43.7 Å². The first-order valence-corrected chi connectivity index (χ1v) is 12.3. The Labute approximate surface area is 210 Å². The van der Waals surface area contributed by atoms with Gasteiger partial charge < -0.3 is 15.3 Å². The average Bonchev–Trinajstić information content (AvgIpc) is 3.78. The summed E-state index contributed by atoms with van der Waals surface area (Å²) in [6, 6.07) is 5.63. The van der Waals surface area contributed by atoms with E-state index in [2.05, 4.69) is 15.4 Å². The molecule has 2 aromatic heterocycles. The lowest BCUT2D eigenvalue weighted by atomic mass is 10.1. The number of halogens is 2. The zero-order valence-electron chi connectivity index (χ0n) is 19.2. The molecule has 0 spiro atoms. The Bertz CT molecular complexity index is 1420. The van der Waals surface area contributed by atoms with Crippen molar-refractivity contribution in [2.75, 3.05) is 0 Å². The van der Waals surface area contributed by atoms with Gasteiger partial charge in [-0.1, -0.05) is 23.7 Å². The van der Waals surface area contributed by atoms with Crippen LogP contribution >= 0.6 is 11.6 Å². The quantitative estimate of drug-likeness (QED) is 0.503. The van der Waals surface area contributed by atoms with Gasteiger partial charge in [0.05, 0.1) is 16.7 Å². The summed E-state index contributed by atoms with van der Waals surface area (Å²) in [7, 11) is 0. The number of rotatable bonds is 7. The van der Waals surface area contributed by atoms with Gasteiger partial charge in [0.25, 0.3) is 0 Å². The van der Waals surface area contributed by atoms with E-state index < -0.39 is 17.8 Å². The number of fused-ring (bicyclic) bond motifs is 2. The molecule has 1 aliphatic heterocycles. The number of likely N-dealkylation sites (tertiary alicyclic amines) is 1. The smallest absolute Gasteiger partial charge is 0.357 e. The van der Waals surface area contributed by atoms with Gasteiger partial charge in [0.1, 0.15) is 18.4 Å². The lowest BCUT2D eigenvalue weighted by Crippen LogP contribution is -2.48. The van der Waals surface area contributed by atoms with E-state index in [-0.39, 0.29) is 53.1 Å². The van der Waals surface area contributed by atoms with Gasteiger partial charge in [0, 0.05) is 35.1 Å². The van der Waals surface area contributed by atoms with E-state index in [1.165, 1.54) is 10.7 Å². The molecule has 2 saturated carbocycles. The molecule has 3 atom stereocenters. The number of amides is 2. The largest absolute Gasteiger partial charge is 0.476 e. The zero-order chi connectivity index (χ0) is 25.1. The van der Waals surface area contributed by atoms with Crippen LogP contribution in [0.5, 0.6) is 0 Å². The molecule has 2 aliphatic carbocycles. The molecule has 1 saturated heterocycles. The number of aromatic carboxylic acids is 1. The van der Waals surface area contributed by atoms with Crippen LogP contribution in [0.3, 0.4) is 0 Å². The minimum Gasteiger partial charge on any atom is -0.476 e. The molecule has 6 rings (SSSR count). The molecule has 3 aliphatic rings. The molecule has 0 radical (unpaired) electrons. The number of carboxylic acids is 1. The summed E-state index contributed by atoms with van der Waals surface area (Å²) in [5.74, 6) is -1.84. The third-order valence-corrected chi connectivity index (χ3v) is 7.61. The molecule has 186 valence electrons. The van der Waals surface area contributed by atoms with Crippen LogP contribution in [0.4, 0.5) is 4.39 Å². The number of carbonyl (C=O) groups excluding carboxylic acids is 2.